The van der Waals surface area contributed by atoms with Gasteiger partial charge >= 0.3 is 0 Å². The van der Waals surface area contributed by atoms with Gasteiger partial charge in [0.15, 0.2) is 0 Å². The van der Waals surface area contributed by atoms with Crippen LogP contribution in [0.1, 0.15) is 24.1 Å². The zero-order chi connectivity index (χ0) is 10.0. The molecule has 13 heavy (non-hydrogen) atoms. The molecule has 1 nitrogen and oxygen atoms in total. The van der Waals surface area contributed by atoms with Crippen LogP contribution in [0.2, 0.25) is 0 Å². The SMILES string of the molecule is C=C(C)C(N)c1cc(C)cc(Br)c1. The maximum Gasteiger partial charge on any atom is 0.0506 e. The predicted molar refractivity (Wildman–Crippen MR) is 60.6 cm³/mol. The summed E-state index contributed by atoms with van der Waals surface area (Å²) in [7, 11) is 0. The Bertz CT molecular complexity index is 311. The molecule has 0 bridgehead atoms. The van der Waals surface area contributed by atoms with Crippen LogP contribution in [0.4, 0.5) is 0 Å². The third kappa shape index (κ3) is 2.68. The lowest BCUT2D eigenvalue weighted by atomic mass is 10.0. The third-order valence-electron chi connectivity index (χ3n) is 1.95. The molecule has 0 aliphatic rings. The summed E-state index contributed by atoms with van der Waals surface area (Å²) in [6, 6.07) is 6.13. The molecule has 1 unspecified atom stereocenters. The fourth-order valence-corrected chi connectivity index (χ4v) is 1.85. The van der Waals surface area contributed by atoms with E-state index in [2.05, 4.69) is 41.6 Å². The monoisotopic (exact) mass is 239 g/mol. The van der Waals surface area contributed by atoms with Gasteiger partial charge in [0.2, 0.25) is 0 Å². The van der Waals surface area contributed by atoms with Gasteiger partial charge < -0.3 is 5.73 Å². The predicted octanol–water partition coefficient (Wildman–Crippen LogP) is 3.33. The topological polar surface area (TPSA) is 26.0 Å². The third-order valence-corrected chi connectivity index (χ3v) is 2.41. The highest BCUT2D eigenvalue weighted by atomic mass is 79.9. The second-order valence-electron chi connectivity index (χ2n) is 3.39. The summed E-state index contributed by atoms with van der Waals surface area (Å²) in [5.74, 6) is 0. The Morgan fingerprint density at radius 3 is 2.54 bits per heavy atom. The fraction of sp³-hybridized carbons (Fsp3) is 0.273. The minimum absolute atomic E-state index is 0.0591. The molecule has 0 fully saturated rings. The summed E-state index contributed by atoms with van der Waals surface area (Å²) in [6.45, 7) is 7.85. The van der Waals surface area contributed by atoms with E-state index < -0.39 is 0 Å². The number of benzene rings is 1. The molecule has 0 aromatic heterocycles. The van der Waals surface area contributed by atoms with Crippen molar-refractivity contribution in [3.05, 3.63) is 46.0 Å². The van der Waals surface area contributed by atoms with Gasteiger partial charge in [-0.05, 0) is 37.1 Å². The van der Waals surface area contributed by atoms with Crippen LogP contribution in [0.3, 0.4) is 0 Å². The molecule has 2 heteroatoms. The lowest BCUT2D eigenvalue weighted by Gasteiger charge is -2.12. The lowest BCUT2D eigenvalue weighted by molar-refractivity contribution is 0.848. The lowest BCUT2D eigenvalue weighted by Crippen LogP contribution is -2.10. The van der Waals surface area contributed by atoms with Gasteiger partial charge in [0.05, 0.1) is 6.04 Å². The Kier molecular flexibility index (Phi) is 3.28. The highest BCUT2D eigenvalue weighted by molar-refractivity contribution is 9.10. The average molecular weight is 240 g/mol. The molecule has 1 rings (SSSR count). The Hall–Kier alpha value is -0.600. The van der Waals surface area contributed by atoms with Crippen LogP contribution in [0, 0.1) is 6.92 Å². The molecule has 0 aliphatic heterocycles. The first-order chi connectivity index (χ1) is 6.00. The van der Waals surface area contributed by atoms with Crippen molar-refractivity contribution in [1.82, 2.24) is 0 Å². The summed E-state index contributed by atoms with van der Waals surface area (Å²) >= 11 is 3.45. The normalized spacial score (nSPS) is 12.6. The van der Waals surface area contributed by atoms with Gasteiger partial charge in [0.1, 0.15) is 0 Å². The van der Waals surface area contributed by atoms with Crippen LogP contribution in [-0.4, -0.2) is 0 Å². The number of rotatable bonds is 2. The zero-order valence-electron chi connectivity index (χ0n) is 7.97. The van der Waals surface area contributed by atoms with Gasteiger partial charge in [-0.1, -0.05) is 34.1 Å². The molecule has 70 valence electrons. The van der Waals surface area contributed by atoms with E-state index in [1.54, 1.807) is 0 Å². The molecule has 0 heterocycles. The number of hydrogen-bond acceptors (Lipinski definition) is 1. The van der Waals surface area contributed by atoms with E-state index >= 15 is 0 Å². The van der Waals surface area contributed by atoms with E-state index in [1.165, 1.54) is 5.56 Å². The highest BCUT2D eigenvalue weighted by Crippen LogP contribution is 2.22. The largest absolute Gasteiger partial charge is 0.321 e. The first-order valence-corrected chi connectivity index (χ1v) is 4.98. The molecule has 0 radical (unpaired) electrons. The number of nitrogens with two attached hydrogens (primary N) is 1. The highest BCUT2D eigenvalue weighted by Gasteiger charge is 2.06. The van der Waals surface area contributed by atoms with Gasteiger partial charge in [-0.3, -0.25) is 0 Å². The molecule has 0 saturated heterocycles. The number of halogens is 1. The smallest absolute Gasteiger partial charge is 0.0506 e. The fourth-order valence-electron chi connectivity index (χ4n) is 1.23. The van der Waals surface area contributed by atoms with Crippen LogP contribution >= 0.6 is 15.9 Å². The van der Waals surface area contributed by atoms with Crippen LogP contribution in [0.15, 0.2) is 34.8 Å². The van der Waals surface area contributed by atoms with Crippen molar-refractivity contribution in [2.24, 2.45) is 5.73 Å². The maximum atomic E-state index is 5.96. The van der Waals surface area contributed by atoms with E-state index in [0.717, 1.165) is 15.6 Å². The van der Waals surface area contributed by atoms with Crippen LogP contribution in [0.25, 0.3) is 0 Å². The first kappa shape index (κ1) is 10.5. The zero-order valence-corrected chi connectivity index (χ0v) is 9.56. The quantitative estimate of drug-likeness (QED) is 0.788. The molecule has 1 atom stereocenters. The van der Waals surface area contributed by atoms with Crippen LogP contribution in [-0.2, 0) is 0 Å². The Labute approximate surface area is 87.8 Å². The molecule has 1 aromatic carbocycles. The van der Waals surface area contributed by atoms with Gasteiger partial charge in [-0.25, -0.2) is 0 Å². The second-order valence-corrected chi connectivity index (χ2v) is 4.30. The van der Waals surface area contributed by atoms with Gasteiger partial charge in [0.25, 0.3) is 0 Å². The molecule has 0 amide bonds. The van der Waals surface area contributed by atoms with Crippen molar-refractivity contribution in [3.63, 3.8) is 0 Å². The molecular formula is C11H14BrN. The van der Waals surface area contributed by atoms with E-state index in [4.69, 9.17) is 5.73 Å². The number of hydrogen-bond donors (Lipinski definition) is 1. The van der Waals surface area contributed by atoms with Crippen molar-refractivity contribution in [3.8, 4) is 0 Å². The van der Waals surface area contributed by atoms with E-state index in [1.807, 2.05) is 13.0 Å². The van der Waals surface area contributed by atoms with Crippen molar-refractivity contribution in [2.45, 2.75) is 19.9 Å². The average Bonchev–Trinajstić information content (AvgIpc) is 2.01. The van der Waals surface area contributed by atoms with Crippen molar-refractivity contribution in [2.75, 3.05) is 0 Å². The Morgan fingerprint density at radius 2 is 2.08 bits per heavy atom. The second kappa shape index (κ2) is 4.07. The minimum Gasteiger partial charge on any atom is -0.321 e. The molecule has 0 spiro atoms. The van der Waals surface area contributed by atoms with Gasteiger partial charge in [-0.15, -0.1) is 0 Å². The summed E-state index contributed by atoms with van der Waals surface area (Å²) in [5.41, 5.74) is 9.26. The minimum atomic E-state index is -0.0591. The standard InChI is InChI=1S/C11H14BrN/c1-7(2)11(13)9-4-8(3)5-10(12)6-9/h4-6,11H,1,13H2,2-3H3. The van der Waals surface area contributed by atoms with Gasteiger partial charge in [0, 0.05) is 4.47 Å². The van der Waals surface area contributed by atoms with E-state index in [9.17, 15) is 0 Å². The van der Waals surface area contributed by atoms with Crippen molar-refractivity contribution < 1.29 is 0 Å². The van der Waals surface area contributed by atoms with Crippen LogP contribution < -0.4 is 5.73 Å². The summed E-state index contributed by atoms with van der Waals surface area (Å²) < 4.78 is 1.07. The Balaban J connectivity index is 3.07. The van der Waals surface area contributed by atoms with Crippen LogP contribution in [0.5, 0.6) is 0 Å². The molecule has 0 aliphatic carbocycles. The van der Waals surface area contributed by atoms with Crippen molar-refractivity contribution >= 4 is 15.9 Å². The Morgan fingerprint density at radius 1 is 1.46 bits per heavy atom. The summed E-state index contributed by atoms with van der Waals surface area (Å²) in [4.78, 5) is 0. The molecular weight excluding hydrogens is 226 g/mol. The van der Waals surface area contributed by atoms with E-state index in [0.29, 0.717) is 0 Å². The van der Waals surface area contributed by atoms with Gasteiger partial charge in [-0.2, -0.15) is 0 Å². The van der Waals surface area contributed by atoms with Crippen molar-refractivity contribution in [1.29, 1.82) is 0 Å². The molecule has 0 saturated carbocycles. The first-order valence-electron chi connectivity index (χ1n) is 4.19. The molecule has 1 aromatic rings. The molecule has 2 N–H and O–H groups in total. The van der Waals surface area contributed by atoms with E-state index in [-0.39, 0.29) is 6.04 Å². The summed E-state index contributed by atoms with van der Waals surface area (Å²) in [6.07, 6.45) is 0. The maximum absolute atomic E-state index is 5.96. The number of aryl methyl sites for hydroxylation is 1. The summed E-state index contributed by atoms with van der Waals surface area (Å²) in [5, 5.41) is 0.